The summed E-state index contributed by atoms with van der Waals surface area (Å²) in [5.41, 5.74) is 2.48. The van der Waals surface area contributed by atoms with Crippen molar-refractivity contribution in [2.45, 2.75) is 13.0 Å². The number of allylic oxidation sites excluding steroid dienone is 1. The Bertz CT molecular complexity index is 1400. The molecule has 0 saturated carbocycles. The highest BCUT2D eigenvalue weighted by Gasteiger charge is 2.36. The highest BCUT2D eigenvalue weighted by molar-refractivity contribution is 14.1. The van der Waals surface area contributed by atoms with Crippen LogP contribution in [0.4, 0.5) is 10.5 Å². The van der Waals surface area contributed by atoms with Gasteiger partial charge in [-0.05, 0) is 94.7 Å². The SMILES string of the molecule is C=CCc1cc(/C=C2\C(=O)NC(=O)N(c3ccc(Br)cc3)C2=O)cc(OC)c1OCc1ccc(I)cc1. The van der Waals surface area contributed by atoms with E-state index in [4.69, 9.17) is 9.47 Å². The van der Waals surface area contributed by atoms with E-state index in [1.807, 2.05) is 24.3 Å². The first kappa shape index (κ1) is 26.6. The molecule has 1 fully saturated rings. The molecule has 1 saturated heterocycles. The monoisotopic (exact) mass is 672 g/mol. The molecule has 0 atom stereocenters. The lowest BCUT2D eigenvalue weighted by Crippen LogP contribution is -2.54. The Labute approximate surface area is 236 Å². The number of methoxy groups -OCH3 is 1. The molecule has 188 valence electrons. The van der Waals surface area contributed by atoms with E-state index in [0.29, 0.717) is 35.8 Å². The molecule has 0 bridgehead atoms. The van der Waals surface area contributed by atoms with Crippen LogP contribution in [0.25, 0.3) is 6.08 Å². The Morgan fingerprint density at radius 3 is 2.41 bits per heavy atom. The van der Waals surface area contributed by atoms with E-state index < -0.39 is 17.8 Å². The molecule has 9 heteroatoms. The van der Waals surface area contributed by atoms with Crippen LogP contribution in [0, 0.1) is 3.57 Å². The number of halogens is 2. The quantitative estimate of drug-likeness (QED) is 0.137. The zero-order valence-electron chi connectivity index (χ0n) is 19.8. The Kier molecular flexibility index (Phi) is 8.45. The molecule has 4 rings (SSSR count). The molecule has 1 aliphatic heterocycles. The second-order valence-corrected chi connectivity index (χ2v) is 10.2. The minimum absolute atomic E-state index is 0.179. The molecule has 1 heterocycles. The Morgan fingerprint density at radius 1 is 1.05 bits per heavy atom. The molecular formula is C28H22BrIN2O5. The van der Waals surface area contributed by atoms with Gasteiger partial charge in [-0.3, -0.25) is 14.9 Å². The van der Waals surface area contributed by atoms with Gasteiger partial charge in [0.25, 0.3) is 11.8 Å². The van der Waals surface area contributed by atoms with Gasteiger partial charge in [0.2, 0.25) is 0 Å². The number of carbonyl (C=O) groups is 3. The molecule has 3 aromatic rings. The van der Waals surface area contributed by atoms with Crippen molar-refractivity contribution in [3.05, 3.63) is 104 Å². The van der Waals surface area contributed by atoms with Crippen molar-refractivity contribution in [2.24, 2.45) is 0 Å². The summed E-state index contributed by atoms with van der Waals surface area (Å²) >= 11 is 5.58. The number of anilines is 1. The van der Waals surface area contributed by atoms with Gasteiger partial charge >= 0.3 is 6.03 Å². The number of nitrogens with zero attached hydrogens (tertiary/aromatic N) is 1. The summed E-state index contributed by atoms with van der Waals surface area (Å²) in [6.45, 7) is 4.17. The zero-order chi connectivity index (χ0) is 26.5. The maximum atomic E-state index is 13.2. The summed E-state index contributed by atoms with van der Waals surface area (Å²) in [6, 6.07) is 17.3. The molecule has 3 aromatic carbocycles. The van der Waals surface area contributed by atoms with E-state index in [0.717, 1.165) is 24.1 Å². The first-order chi connectivity index (χ1) is 17.8. The van der Waals surface area contributed by atoms with Crippen molar-refractivity contribution in [3.8, 4) is 11.5 Å². The molecule has 37 heavy (non-hydrogen) atoms. The van der Waals surface area contributed by atoms with Crippen LogP contribution in [0.2, 0.25) is 0 Å². The predicted molar refractivity (Wildman–Crippen MR) is 154 cm³/mol. The summed E-state index contributed by atoms with van der Waals surface area (Å²) in [6.07, 6.45) is 3.64. The van der Waals surface area contributed by atoms with Crippen molar-refractivity contribution in [1.82, 2.24) is 5.32 Å². The van der Waals surface area contributed by atoms with Gasteiger partial charge in [0.05, 0.1) is 12.8 Å². The van der Waals surface area contributed by atoms with Crippen LogP contribution in [-0.4, -0.2) is 25.0 Å². The molecule has 0 spiro atoms. The average molecular weight is 673 g/mol. The fourth-order valence-corrected chi connectivity index (χ4v) is 4.40. The van der Waals surface area contributed by atoms with Crippen LogP contribution in [0.5, 0.6) is 11.5 Å². The molecular weight excluding hydrogens is 651 g/mol. The van der Waals surface area contributed by atoms with E-state index in [-0.39, 0.29) is 5.57 Å². The first-order valence-corrected chi connectivity index (χ1v) is 13.0. The molecule has 7 nitrogen and oxygen atoms in total. The van der Waals surface area contributed by atoms with E-state index >= 15 is 0 Å². The molecule has 0 radical (unpaired) electrons. The van der Waals surface area contributed by atoms with Crippen molar-refractivity contribution < 1.29 is 23.9 Å². The maximum absolute atomic E-state index is 13.2. The number of imide groups is 2. The number of benzene rings is 3. The average Bonchev–Trinajstić information content (AvgIpc) is 2.88. The molecule has 0 aliphatic carbocycles. The number of ether oxygens (including phenoxy) is 2. The second kappa shape index (κ2) is 11.7. The third kappa shape index (κ3) is 6.11. The Morgan fingerprint density at radius 2 is 1.76 bits per heavy atom. The van der Waals surface area contributed by atoms with Gasteiger partial charge in [0.1, 0.15) is 12.2 Å². The second-order valence-electron chi connectivity index (χ2n) is 8.05. The van der Waals surface area contributed by atoms with Crippen LogP contribution in [0.15, 0.2) is 83.4 Å². The zero-order valence-corrected chi connectivity index (χ0v) is 23.5. The van der Waals surface area contributed by atoms with E-state index in [1.54, 1.807) is 42.5 Å². The van der Waals surface area contributed by atoms with Crippen molar-refractivity contribution in [3.63, 3.8) is 0 Å². The smallest absolute Gasteiger partial charge is 0.335 e. The molecule has 1 N–H and O–H groups in total. The molecule has 1 aliphatic rings. The number of amides is 4. The number of barbiturate groups is 1. The third-order valence-corrected chi connectivity index (χ3v) is 6.78. The van der Waals surface area contributed by atoms with Crippen LogP contribution in [0.3, 0.4) is 0 Å². The molecule has 4 amide bonds. The predicted octanol–water partition coefficient (Wildman–Crippen LogP) is 6.04. The van der Waals surface area contributed by atoms with Crippen LogP contribution in [-0.2, 0) is 22.6 Å². The standard InChI is InChI=1S/C28H22BrIN2O5/c1-3-4-19-13-18(15-24(36-2)25(19)37-16-17-5-9-21(30)10-6-17)14-23-26(33)31-28(35)32(27(23)34)22-11-7-20(29)8-12-22/h3,5-15H,1,4,16H2,2H3,(H,31,33,35)/b23-14+. The van der Waals surface area contributed by atoms with E-state index in [2.05, 4.69) is 50.4 Å². The van der Waals surface area contributed by atoms with Gasteiger partial charge in [-0.2, -0.15) is 0 Å². The Hall–Kier alpha value is -3.44. The number of hydrogen-bond acceptors (Lipinski definition) is 5. The summed E-state index contributed by atoms with van der Waals surface area (Å²) in [5, 5.41) is 2.24. The fraction of sp³-hybridized carbons (Fsp3) is 0.107. The van der Waals surface area contributed by atoms with E-state index in [9.17, 15) is 14.4 Å². The van der Waals surface area contributed by atoms with Gasteiger partial charge in [-0.1, -0.05) is 34.1 Å². The summed E-state index contributed by atoms with van der Waals surface area (Å²) < 4.78 is 13.6. The summed E-state index contributed by atoms with van der Waals surface area (Å²) in [5.74, 6) is -0.499. The number of hydrogen-bond donors (Lipinski definition) is 1. The third-order valence-electron chi connectivity index (χ3n) is 5.53. The number of rotatable bonds is 8. The first-order valence-electron chi connectivity index (χ1n) is 11.2. The topological polar surface area (TPSA) is 84.9 Å². The van der Waals surface area contributed by atoms with Crippen molar-refractivity contribution >= 4 is 68.1 Å². The Balaban J connectivity index is 1.69. The van der Waals surface area contributed by atoms with Gasteiger partial charge in [-0.15, -0.1) is 6.58 Å². The van der Waals surface area contributed by atoms with Crippen molar-refractivity contribution in [2.75, 3.05) is 12.0 Å². The fourth-order valence-electron chi connectivity index (χ4n) is 3.77. The number of carbonyl (C=O) groups excluding carboxylic acids is 3. The van der Waals surface area contributed by atoms with Gasteiger partial charge in [-0.25, -0.2) is 9.69 Å². The number of nitrogens with one attached hydrogen (secondary N) is 1. The van der Waals surface area contributed by atoms with Crippen molar-refractivity contribution in [1.29, 1.82) is 0 Å². The van der Waals surface area contributed by atoms with Crippen LogP contribution < -0.4 is 19.7 Å². The molecule has 0 unspecified atom stereocenters. The van der Waals surface area contributed by atoms with Gasteiger partial charge in [0.15, 0.2) is 11.5 Å². The van der Waals surface area contributed by atoms with Crippen LogP contribution in [0.1, 0.15) is 16.7 Å². The lowest BCUT2D eigenvalue weighted by Gasteiger charge is -2.26. The highest BCUT2D eigenvalue weighted by atomic mass is 127. The highest BCUT2D eigenvalue weighted by Crippen LogP contribution is 2.35. The minimum Gasteiger partial charge on any atom is -0.493 e. The van der Waals surface area contributed by atoms with Gasteiger partial charge in [0, 0.05) is 13.6 Å². The van der Waals surface area contributed by atoms with E-state index in [1.165, 1.54) is 13.2 Å². The normalized spacial score (nSPS) is 14.5. The lowest BCUT2D eigenvalue weighted by molar-refractivity contribution is -0.122. The van der Waals surface area contributed by atoms with Gasteiger partial charge < -0.3 is 9.47 Å². The molecule has 0 aromatic heterocycles. The minimum atomic E-state index is -0.807. The largest absolute Gasteiger partial charge is 0.493 e. The van der Waals surface area contributed by atoms with Crippen LogP contribution >= 0.6 is 38.5 Å². The lowest BCUT2D eigenvalue weighted by atomic mass is 10.0. The maximum Gasteiger partial charge on any atom is 0.335 e. The summed E-state index contributed by atoms with van der Waals surface area (Å²) in [4.78, 5) is 39.3. The number of urea groups is 1. The summed E-state index contributed by atoms with van der Waals surface area (Å²) in [7, 11) is 1.52.